The molecule has 170 valence electrons. The Morgan fingerprint density at radius 1 is 1.03 bits per heavy atom. The van der Waals surface area contributed by atoms with E-state index >= 15 is 0 Å². The van der Waals surface area contributed by atoms with Gasteiger partial charge in [-0.1, -0.05) is 75.6 Å². The van der Waals surface area contributed by atoms with E-state index in [1.165, 1.54) is 28.6 Å². The zero-order valence-electron chi connectivity index (χ0n) is 17.7. The van der Waals surface area contributed by atoms with Crippen molar-refractivity contribution in [1.29, 1.82) is 0 Å². The molecule has 5 nitrogen and oxygen atoms in total. The van der Waals surface area contributed by atoms with Crippen molar-refractivity contribution in [2.45, 2.75) is 30.3 Å². The molecule has 0 saturated carbocycles. The fourth-order valence-corrected chi connectivity index (χ4v) is 6.50. The molecule has 2 atom stereocenters. The molecule has 0 unspecified atom stereocenters. The van der Waals surface area contributed by atoms with Crippen LogP contribution in [0.25, 0.3) is 0 Å². The van der Waals surface area contributed by atoms with Crippen molar-refractivity contribution in [3.8, 4) is 0 Å². The second kappa shape index (κ2) is 9.43. The lowest BCUT2D eigenvalue weighted by Crippen LogP contribution is -2.42. The van der Waals surface area contributed by atoms with Gasteiger partial charge in [0.1, 0.15) is 0 Å². The lowest BCUT2D eigenvalue weighted by molar-refractivity contribution is -0.133. The van der Waals surface area contributed by atoms with Gasteiger partial charge < -0.3 is 5.11 Å². The standard InChI is InChI=1S/C25H21BrClNO4S/c1-16-4-2-6-18(14-16)24-22(25(29)30)12-13-23(17-5-3-7-19(26)15-17)28(24)33(31,32)21-10-8-20(27)9-11-21/h2-12,14-15,23-24H,13H2,1H3,(H,29,30)/t23-,24-/m0/s1. The highest BCUT2D eigenvalue weighted by Gasteiger charge is 2.44. The van der Waals surface area contributed by atoms with Gasteiger partial charge in [-0.05, 0) is 60.9 Å². The van der Waals surface area contributed by atoms with Crippen molar-refractivity contribution < 1.29 is 18.3 Å². The van der Waals surface area contributed by atoms with Crippen LogP contribution in [0.15, 0.2) is 93.8 Å². The zero-order chi connectivity index (χ0) is 23.8. The van der Waals surface area contributed by atoms with Crippen LogP contribution < -0.4 is 0 Å². The van der Waals surface area contributed by atoms with E-state index in [0.29, 0.717) is 10.6 Å². The number of halogens is 2. The first-order valence-corrected chi connectivity index (χ1v) is 12.8. The van der Waals surface area contributed by atoms with Gasteiger partial charge in [0, 0.05) is 9.50 Å². The van der Waals surface area contributed by atoms with Gasteiger partial charge in [-0.3, -0.25) is 0 Å². The molecule has 0 saturated heterocycles. The third kappa shape index (κ3) is 4.77. The van der Waals surface area contributed by atoms with Gasteiger partial charge in [0.25, 0.3) is 0 Å². The van der Waals surface area contributed by atoms with Crippen LogP contribution in [0.2, 0.25) is 5.02 Å². The van der Waals surface area contributed by atoms with E-state index in [1.807, 2.05) is 43.3 Å². The zero-order valence-corrected chi connectivity index (χ0v) is 20.8. The van der Waals surface area contributed by atoms with Crippen LogP contribution in [0, 0.1) is 6.92 Å². The van der Waals surface area contributed by atoms with Gasteiger partial charge in [-0.15, -0.1) is 0 Å². The smallest absolute Gasteiger partial charge is 0.333 e. The van der Waals surface area contributed by atoms with E-state index in [2.05, 4.69) is 15.9 Å². The maximum absolute atomic E-state index is 14.1. The summed E-state index contributed by atoms with van der Waals surface area (Å²) < 4.78 is 30.2. The third-order valence-electron chi connectivity index (χ3n) is 5.64. The maximum atomic E-state index is 14.1. The second-order valence-corrected chi connectivity index (χ2v) is 11.1. The highest BCUT2D eigenvalue weighted by Crippen LogP contribution is 2.46. The Kier molecular flexibility index (Phi) is 6.77. The molecule has 0 bridgehead atoms. The number of hydrogen-bond donors (Lipinski definition) is 1. The van der Waals surface area contributed by atoms with Gasteiger partial charge in [-0.2, -0.15) is 4.31 Å². The SMILES string of the molecule is Cc1cccc([C@H]2C(C(=O)O)=CC[C@@H](c3cccc(Br)c3)N2S(=O)(=O)c2ccc(Cl)cc2)c1. The van der Waals surface area contributed by atoms with Crippen LogP contribution in [-0.4, -0.2) is 23.8 Å². The molecule has 0 fully saturated rings. The van der Waals surface area contributed by atoms with E-state index in [-0.39, 0.29) is 16.9 Å². The van der Waals surface area contributed by atoms with Gasteiger partial charge in [0.15, 0.2) is 0 Å². The molecule has 0 radical (unpaired) electrons. The predicted octanol–water partition coefficient (Wildman–Crippen LogP) is 6.30. The Morgan fingerprint density at radius 2 is 1.70 bits per heavy atom. The summed E-state index contributed by atoms with van der Waals surface area (Å²) in [4.78, 5) is 12.3. The molecule has 3 aromatic rings. The van der Waals surface area contributed by atoms with Crippen molar-refractivity contribution >= 4 is 43.5 Å². The number of carbonyl (C=O) groups is 1. The lowest BCUT2D eigenvalue weighted by Gasteiger charge is -2.40. The number of nitrogens with zero attached hydrogens (tertiary/aromatic N) is 1. The molecule has 1 N–H and O–H groups in total. The highest BCUT2D eigenvalue weighted by molar-refractivity contribution is 9.10. The Hall–Kier alpha value is -2.45. The molecule has 0 amide bonds. The summed E-state index contributed by atoms with van der Waals surface area (Å²) in [6.45, 7) is 1.89. The summed E-state index contributed by atoms with van der Waals surface area (Å²) in [5.74, 6) is -1.15. The Bertz CT molecular complexity index is 1340. The first-order chi connectivity index (χ1) is 15.7. The Labute approximate surface area is 206 Å². The fourth-order valence-electron chi connectivity index (χ4n) is 4.17. The van der Waals surface area contributed by atoms with Crippen molar-refractivity contribution in [3.05, 3.63) is 111 Å². The van der Waals surface area contributed by atoms with Crippen molar-refractivity contribution in [2.75, 3.05) is 0 Å². The van der Waals surface area contributed by atoms with Crippen LogP contribution in [0.3, 0.4) is 0 Å². The normalized spacial score (nSPS) is 19.2. The highest BCUT2D eigenvalue weighted by atomic mass is 79.9. The molecule has 0 aliphatic carbocycles. The number of sulfonamides is 1. The summed E-state index contributed by atoms with van der Waals surface area (Å²) in [7, 11) is -4.11. The number of hydrogen-bond acceptors (Lipinski definition) is 3. The molecular formula is C25H21BrClNO4S. The molecular weight excluding hydrogens is 526 g/mol. The predicted molar refractivity (Wildman–Crippen MR) is 132 cm³/mol. The number of aliphatic carboxylic acids is 1. The number of benzene rings is 3. The van der Waals surface area contributed by atoms with Crippen LogP contribution in [0.5, 0.6) is 0 Å². The maximum Gasteiger partial charge on any atom is 0.333 e. The molecule has 1 heterocycles. The summed E-state index contributed by atoms with van der Waals surface area (Å²) in [5.41, 5.74) is 2.30. The second-order valence-electron chi connectivity index (χ2n) is 7.88. The van der Waals surface area contributed by atoms with E-state index in [4.69, 9.17) is 11.6 Å². The fraction of sp³-hybridized carbons (Fsp3) is 0.160. The molecule has 0 spiro atoms. The van der Waals surface area contributed by atoms with Crippen molar-refractivity contribution in [1.82, 2.24) is 4.31 Å². The average molecular weight is 547 g/mol. The number of carboxylic acid groups (broad SMARTS) is 1. The minimum Gasteiger partial charge on any atom is -0.478 e. The molecule has 3 aromatic carbocycles. The topological polar surface area (TPSA) is 74.7 Å². The molecule has 33 heavy (non-hydrogen) atoms. The van der Waals surface area contributed by atoms with E-state index in [1.54, 1.807) is 18.2 Å². The Morgan fingerprint density at radius 3 is 2.33 bits per heavy atom. The summed E-state index contributed by atoms with van der Waals surface area (Å²) in [5, 5.41) is 10.4. The van der Waals surface area contributed by atoms with Gasteiger partial charge in [0.2, 0.25) is 10.0 Å². The number of aryl methyl sites for hydroxylation is 1. The van der Waals surface area contributed by atoms with Crippen molar-refractivity contribution in [3.63, 3.8) is 0 Å². The largest absolute Gasteiger partial charge is 0.478 e. The van der Waals surface area contributed by atoms with Crippen LogP contribution in [-0.2, 0) is 14.8 Å². The first-order valence-electron chi connectivity index (χ1n) is 10.2. The minimum atomic E-state index is -4.11. The average Bonchev–Trinajstić information content (AvgIpc) is 2.78. The van der Waals surface area contributed by atoms with Gasteiger partial charge in [0.05, 0.1) is 22.6 Å². The molecule has 1 aliphatic rings. The Balaban J connectivity index is 1.98. The molecule has 0 aromatic heterocycles. The quantitative estimate of drug-likeness (QED) is 0.408. The number of carboxylic acids is 1. The van der Waals surface area contributed by atoms with Gasteiger partial charge >= 0.3 is 5.97 Å². The van der Waals surface area contributed by atoms with Crippen LogP contribution >= 0.6 is 27.5 Å². The molecule has 4 rings (SSSR count). The van der Waals surface area contributed by atoms with Crippen LogP contribution in [0.4, 0.5) is 0 Å². The first kappa shape index (κ1) is 23.7. The summed E-state index contributed by atoms with van der Waals surface area (Å²) >= 11 is 9.46. The summed E-state index contributed by atoms with van der Waals surface area (Å²) in [6.07, 6.45) is 1.86. The minimum absolute atomic E-state index is 0.0318. The number of rotatable bonds is 5. The molecule has 1 aliphatic heterocycles. The molecule has 8 heteroatoms. The van der Waals surface area contributed by atoms with Gasteiger partial charge in [-0.25, -0.2) is 13.2 Å². The lowest BCUT2D eigenvalue weighted by atomic mass is 9.89. The van der Waals surface area contributed by atoms with E-state index in [0.717, 1.165) is 15.6 Å². The van der Waals surface area contributed by atoms with Crippen LogP contribution in [0.1, 0.15) is 35.2 Å². The monoisotopic (exact) mass is 545 g/mol. The third-order valence-corrected chi connectivity index (χ3v) is 8.28. The summed E-state index contributed by atoms with van der Waals surface area (Å²) in [6, 6.07) is 19.0. The van der Waals surface area contributed by atoms with E-state index in [9.17, 15) is 18.3 Å². The van der Waals surface area contributed by atoms with Crippen molar-refractivity contribution in [2.24, 2.45) is 0 Å². The van der Waals surface area contributed by atoms with E-state index < -0.39 is 28.1 Å².